The Morgan fingerprint density at radius 2 is 1.92 bits per heavy atom. The molecular formula is C21H30N4O. The van der Waals surface area contributed by atoms with Gasteiger partial charge in [-0.05, 0) is 38.3 Å². The van der Waals surface area contributed by atoms with Crippen molar-refractivity contribution in [2.75, 3.05) is 20.1 Å². The van der Waals surface area contributed by atoms with E-state index in [1.54, 1.807) is 0 Å². The Morgan fingerprint density at radius 3 is 2.54 bits per heavy atom. The van der Waals surface area contributed by atoms with Gasteiger partial charge in [0.1, 0.15) is 11.5 Å². The fourth-order valence-electron chi connectivity index (χ4n) is 3.50. The maximum absolute atomic E-state index is 5.59. The Kier molecular flexibility index (Phi) is 6.34. The van der Waals surface area contributed by atoms with Gasteiger partial charge in [-0.3, -0.25) is 9.89 Å². The van der Waals surface area contributed by atoms with Crippen molar-refractivity contribution in [3.63, 3.8) is 0 Å². The Labute approximate surface area is 156 Å². The van der Waals surface area contributed by atoms with Crippen molar-refractivity contribution in [1.82, 2.24) is 15.5 Å². The molecule has 2 aromatic rings. The summed E-state index contributed by atoms with van der Waals surface area (Å²) < 4.78 is 5.59. The van der Waals surface area contributed by atoms with Gasteiger partial charge in [0.15, 0.2) is 5.96 Å². The van der Waals surface area contributed by atoms with Crippen LogP contribution in [0.5, 0.6) is 0 Å². The van der Waals surface area contributed by atoms with Crippen molar-refractivity contribution in [2.45, 2.75) is 45.8 Å². The van der Waals surface area contributed by atoms with Crippen LogP contribution in [0, 0.1) is 13.8 Å². The second kappa shape index (κ2) is 8.90. The topological polar surface area (TPSA) is 52.8 Å². The predicted octanol–water partition coefficient (Wildman–Crippen LogP) is 3.23. The van der Waals surface area contributed by atoms with Crippen LogP contribution in [0.4, 0.5) is 0 Å². The van der Waals surface area contributed by atoms with Crippen LogP contribution in [0.15, 0.2) is 45.8 Å². The third-order valence-corrected chi connectivity index (χ3v) is 4.99. The molecule has 0 bridgehead atoms. The highest BCUT2D eigenvalue weighted by Gasteiger charge is 2.20. The van der Waals surface area contributed by atoms with E-state index in [0.717, 1.165) is 56.5 Å². The molecule has 1 aromatic heterocycles. The first kappa shape index (κ1) is 18.5. The van der Waals surface area contributed by atoms with E-state index in [2.05, 4.69) is 56.9 Å². The lowest BCUT2D eigenvalue weighted by molar-refractivity contribution is 0.198. The van der Waals surface area contributed by atoms with Crippen molar-refractivity contribution in [2.24, 2.45) is 4.99 Å². The van der Waals surface area contributed by atoms with E-state index >= 15 is 0 Å². The van der Waals surface area contributed by atoms with Gasteiger partial charge in [0.2, 0.25) is 0 Å². The van der Waals surface area contributed by atoms with Crippen molar-refractivity contribution >= 4 is 5.96 Å². The molecule has 0 atom stereocenters. The Balaban J connectivity index is 1.43. The number of piperidine rings is 1. The average Bonchev–Trinajstić information content (AvgIpc) is 2.98. The molecule has 0 aliphatic carbocycles. The molecule has 1 aliphatic rings. The summed E-state index contributed by atoms with van der Waals surface area (Å²) in [5.41, 5.74) is 2.57. The monoisotopic (exact) mass is 354 g/mol. The minimum absolute atomic E-state index is 0.473. The van der Waals surface area contributed by atoms with E-state index in [4.69, 9.17) is 4.42 Å². The van der Waals surface area contributed by atoms with E-state index in [-0.39, 0.29) is 0 Å². The summed E-state index contributed by atoms with van der Waals surface area (Å²) in [5, 5.41) is 6.97. The molecule has 3 rings (SSSR count). The van der Waals surface area contributed by atoms with Crippen molar-refractivity contribution in [1.29, 1.82) is 0 Å². The molecule has 5 nitrogen and oxygen atoms in total. The molecule has 0 unspecified atom stereocenters. The van der Waals surface area contributed by atoms with Gasteiger partial charge in [-0.2, -0.15) is 0 Å². The van der Waals surface area contributed by atoms with Gasteiger partial charge in [0.05, 0.1) is 0 Å². The first-order chi connectivity index (χ1) is 12.6. The summed E-state index contributed by atoms with van der Waals surface area (Å²) in [7, 11) is 1.83. The van der Waals surface area contributed by atoms with Crippen LogP contribution in [0.2, 0.25) is 0 Å². The average molecular weight is 354 g/mol. The number of nitrogens with zero attached hydrogens (tertiary/aromatic N) is 2. The van der Waals surface area contributed by atoms with Crippen molar-refractivity contribution < 1.29 is 4.42 Å². The van der Waals surface area contributed by atoms with Crippen LogP contribution >= 0.6 is 0 Å². The van der Waals surface area contributed by atoms with Crippen LogP contribution in [-0.2, 0) is 13.1 Å². The van der Waals surface area contributed by atoms with Gasteiger partial charge >= 0.3 is 0 Å². The number of rotatable bonds is 5. The first-order valence-corrected chi connectivity index (χ1v) is 9.43. The highest BCUT2D eigenvalue weighted by molar-refractivity contribution is 5.80. The maximum atomic E-state index is 5.59. The number of hydrogen-bond acceptors (Lipinski definition) is 3. The molecule has 140 valence electrons. The lowest BCUT2D eigenvalue weighted by Crippen LogP contribution is -2.48. The van der Waals surface area contributed by atoms with Gasteiger partial charge in [-0.25, -0.2) is 0 Å². The number of aliphatic imine (C=N–C) groups is 1. The standard InChI is InChI=1S/C21H30N4O/c1-16-13-19(17(2)26-16)14-23-21(22-3)24-20-9-11-25(12-10-20)15-18-7-5-4-6-8-18/h4-8,13,20H,9-12,14-15H2,1-3H3,(H2,22,23,24). The van der Waals surface area contributed by atoms with E-state index in [1.165, 1.54) is 11.1 Å². The fourth-order valence-corrected chi connectivity index (χ4v) is 3.50. The molecule has 2 N–H and O–H groups in total. The third kappa shape index (κ3) is 5.11. The Hall–Kier alpha value is -2.27. The number of guanidine groups is 1. The summed E-state index contributed by atoms with van der Waals surface area (Å²) in [4.78, 5) is 6.90. The maximum Gasteiger partial charge on any atom is 0.191 e. The zero-order chi connectivity index (χ0) is 18.4. The van der Waals surface area contributed by atoms with Gasteiger partial charge in [-0.1, -0.05) is 30.3 Å². The quantitative estimate of drug-likeness (QED) is 0.639. The fraction of sp³-hybridized carbons (Fsp3) is 0.476. The first-order valence-electron chi connectivity index (χ1n) is 9.43. The zero-order valence-corrected chi connectivity index (χ0v) is 16.1. The second-order valence-corrected chi connectivity index (χ2v) is 7.04. The number of hydrogen-bond donors (Lipinski definition) is 2. The molecule has 26 heavy (non-hydrogen) atoms. The number of furan rings is 1. The highest BCUT2D eigenvalue weighted by Crippen LogP contribution is 2.15. The summed E-state index contributed by atoms with van der Waals surface area (Å²) in [6, 6.07) is 13.3. The summed E-state index contributed by atoms with van der Waals surface area (Å²) >= 11 is 0. The minimum atomic E-state index is 0.473. The smallest absolute Gasteiger partial charge is 0.191 e. The highest BCUT2D eigenvalue weighted by atomic mass is 16.3. The van der Waals surface area contributed by atoms with Crippen LogP contribution in [0.1, 0.15) is 35.5 Å². The predicted molar refractivity (Wildman–Crippen MR) is 106 cm³/mol. The minimum Gasteiger partial charge on any atom is -0.466 e. The molecule has 0 spiro atoms. The summed E-state index contributed by atoms with van der Waals surface area (Å²) in [5.74, 6) is 2.79. The Morgan fingerprint density at radius 1 is 1.19 bits per heavy atom. The van der Waals surface area contributed by atoms with Crippen LogP contribution in [0.3, 0.4) is 0 Å². The molecule has 1 aromatic carbocycles. The molecule has 5 heteroatoms. The molecule has 1 saturated heterocycles. The number of nitrogens with one attached hydrogen (secondary N) is 2. The van der Waals surface area contributed by atoms with Crippen molar-refractivity contribution in [3.05, 3.63) is 59.0 Å². The zero-order valence-electron chi connectivity index (χ0n) is 16.1. The van der Waals surface area contributed by atoms with E-state index in [1.807, 2.05) is 20.9 Å². The lowest BCUT2D eigenvalue weighted by Gasteiger charge is -2.33. The Bertz CT molecular complexity index is 715. The lowest BCUT2D eigenvalue weighted by atomic mass is 10.0. The molecule has 1 aliphatic heterocycles. The van der Waals surface area contributed by atoms with Crippen LogP contribution in [0.25, 0.3) is 0 Å². The SMILES string of the molecule is CN=C(NCc1cc(C)oc1C)NC1CCN(Cc2ccccc2)CC1. The summed E-state index contributed by atoms with van der Waals surface area (Å²) in [6.07, 6.45) is 2.27. The second-order valence-electron chi connectivity index (χ2n) is 7.04. The number of likely N-dealkylation sites (tertiary alicyclic amines) is 1. The van der Waals surface area contributed by atoms with Gasteiger partial charge < -0.3 is 15.1 Å². The number of benzene rings is 1. The van der Waals surface area contributed by atoms with Crippen LogP contribution < -0.4 is 10.6 Å². The molecule has 0 radical (unpaired) electrons. The largest absolute Gasteiger partial charge is 0.466 e. The van der Waals surface area contributed by atoms with Gasteiger partial charge in [0, 0.05) is 44.8 Å². The van der Waals surface area contributed by atoms with E-state index in [0.29, 0.717) is 6.04 Å². The molecule has 0 saturated carbocycles. The number of aryl methyl sites for hydroxylation is 2. The third-order valence-electron chi connectivity index (χ3n) is 4.99. The molecule has 1 fully saturated rings. The molecular weight excluding hydrogens is 324 g/mol. The van der Waals surface area contributed by atoms with Crippen LogP contribution in [-0.4, -0.2) is 37.0 Å². The van der Waals surface area contributed by atoms with E-state index in [9.17, 15) is 0 Å². The van der Waals surface area contributed by atoms with Gasteiger partial charge in [0.25, 0.3) is 0 Å². The normalized spacial score (nSPS) is 16.7. The summed E-state index contributed by atoms with van der Waals surface area (Å²) in [6.45, 7) is 7.98. The molecule has 2 heterocycles. The van der Waals surface area contributed by atoms with Crippen molar-refractivity contribution in [3.8, 4) is 0 Å². The molecule has 0 amide bonds. The van der Waals surface area contributed by atoms with Gasteiger partial charge in [-0.15, -0.1) is 0 Å². The van der Waals surface area contributed by atoms with E-state index < -0.39 is 0 Å².